The molecule has 0 aliphatic carbocycles. The molecule has 0 spiro atoms. The van der Waals surface area contributed by atoms with Gasteiger partial charge < -0.3 is 0 Å². The fourth-order valence-corrected chi connectivity index (χ4v) is 2.17. The highest BCUT2D eigenvalue weighted by Crippen LogP contribution is 3.02. The Balaban J connectivity index is -0.000000113. The Labute approximate surface area is 108 Å². The summed E-state index contributed by atoms with van der Waals surface area (Å²) < 4.78 is 60.7. The average molecular weight is 352 g/mol. The van der Waals surface area contributed by atoms with Crippen LogP contribution in [0.2, 0.25) is 0 Å². The normalized spacial score (nSPS) is 12.7. The van der Waals surface area contributed by atoms with E-state index >= 15 is 0 Å². The molecule has 0 saturated carbocycles. The highest BCUT2D eigenvalue weighted by atomic mass is 35.5. The Morgan fingerprint density at radius 1 is 0.778 bits per heavy atom. The molecule has 1 aromatic carbocycles. The Morgan fingerprint density at radius 3 is 1.33 bits per heavy atom. The summed E-state index contributed by atoms with van der Waals surface area (Å²) in [4.78, 5) is -2.86. The average Bonchev–Trinajstić information content (AvgIpc) is 1.82. The predicted octanol–water partition coefficient (Wildman–Crippen LogP) is 5.93. The molecule has 0 bridgehead atoms. The van der Waals surface area contributed by atoms with Gasteiger partial charge in [-0.15, -0.1) is 12.4 Å². The van der Waals surface area contributed by atoms with E-state index in [2.05, 4.69) is 12.6 Å². The van der Waals surface area contributed by atoms with Gasteiger partial charge in [0.25, 0.3) is 0 Å². The molecule has 0 aliphatic heterocycles. The summed E-state index contributed by atoms with van der Waals surface area (Å²) in [6, 6.07) is 3.17. The minimum Gasteiger partial charge on any atom is -0.269 e. The van der Waals surface area contributed by atoms with E-state index in [0.29, 0.717) is 6.07 Å². The first kappa shape index (κ1) is 30.5. The molecule has 0 aromatic heterocycles. The lowest BCUT2D eigenvalue weighted by Gasteiger charge is -2.40. The van der Waals surface area contributed by atoms with Crippen molar-refractivity contribution in [2.75, 3.05) is 0 Å². The first-order chi connectivity index (χ1) is 5.50. The molecule has 115 valence electrons. The number of hydrogen-bond acceptors (Lipinski definition) is 0. The highest BCUT2D eigenvalue weighted by molar-refractivity contribution is 8.45. The van der Waals surface area contributed by atoms with Gasteiger partial charge in [0, 0.05) is 0 Å². The second-order valence-electron chi connectivity index (χ2n) is 2.42. The van der Waals surface area contributed by atoms with Crippen molar-refractivity contribution in [3.05, 3.63) is 24.3 Å². The van der Waals surface area contributed by atoms with Gasteiger partial charge in [0.2, 0.25) is 0 Å². The molecule has 12 heteroatoms. The molecule has 0 saturated heterocycles. The number of hydrogen-bond donors (Lipinski definition) is 0. The standard InChI is InChI=1S/C6H4F5S2.ClH.4FH/c7-13(8,9,10,11)6-4-2-1-3-5(6)12;;;;;/h1-4H;5*1H. The van der Waals surface area contributed by atoms with Crippen LogP contribution in [0.1, 0.15) is 0 Å². The zero-order chi connectivity index (χ0) is 10.4. The van der Waals surface area contributed by atoms with Gasteiger partial charge in [-0.05, 0) is 12.1 Å². The first-order valence-corrected chi connectivity index (χ1v) is 5.37. The molecule has 1 aromatic rings. The molecular formula is C6H9ClF9S2. The van der Waals surface area contributed by atoms with Gasteiger partial charge in [-0.2, -0.15) is 0 Å². The summed E-state index contributed by atoms with van der Waals surface area (Å²) in [6.07, 6.45) is 0. The van der Waals surface area contributed by atoms with Gasteiger partial charge in [0.1, 0.15) is 4.90 Å². The van der Waals surface area contributed by atoms with Crippen molar-refractivity contribution in [1.82, 2.24) is 0 Å². The SMILES string of the molecule is Cl.F.F.F.F.FS(F)(F)(F)(F)c1ccccc1[S]. The van der Waals surface area contributed by atoms with E-state index in [1.165, 1.54) is 6.07 Å². The number of benzene rings is 1. The van der Waals surface area contributed by atoms with Gasteiger partial charge >= 0.3 is 10.2 Å². The van der Waals surface area contributed by atoms with Gasteiger partial charge in [0.05, 0.1) is 4.90 Å². The van der Waals surface area contributed by atoms with E-state index < -0.39 is 20.0 Å². The third-order valence-corrected chi connectivity index (χ3v) is 2.94. The minimum atomic E-state index is -9.58. The summed E-state index contributed by atoms with van der Waals surface area (Å²) in [5, 5.41) is 0. The van der Waals surface area contributed by atoms with E-state index in [1.54, 1.807) is 0 Å². The van der Waals surface area contributed by atoms with Crippen LogP contribution in [0.5, 0.6) is 0 Å². The summed E-state index contributed by atoms with van der Waals surface area (Å²) in [6.45, 7) is 0. The van der Waals surface area contributed by atoms with Gasteiger partial charge in [-0.1, -0.05) is 44.2 Å². The predicted molar refractivity (Wildman–Crippen MR) is 61.0 cm³/mol. The van der Waals surface area contributed by atoms with E-state index in [0.717, 1.165) is 12.1 Å². The Bertz CT molecular complexity index is 350. The molecule has 1 rings (SSSR count). The van der Waals surface area contributed by atoms with Crippen LogP contribution in [-0.4, -0.2) is 0 Å². The third-order valence-electron chi connectivity index (χ3n) is 1.26. The molecule has 0 heterocycles. The maximum Gasteiger partial charge on any atom is 0.311 e. The molecule has 0 fully saturated rings. The Morgan fingerprint density at radius 2 is 1.11 bits per heavy atom. The second-order valence-corrected chi connectivity index (χ2v) is 5.23. The van der Waals surface area contributed by atoms with Crippen molar-refractivity contribution in [2.45, 2.75) is 9.79 Å². The number of halogens is 10. The molecule has 18 heavy (non-hydrogen) atoms. The van der Waals surface area contributed by atoms with Crippen molar-refractivity contribution in [3.63, 3.8) is 0 Å². The van der Waals surface area contributed by atoms with E-state index in [9.17, 15) is 19.4 Å². The van der Waals surface area contributed by atoms with Crippen LogP contribution in [0.4, 0.5) is 38.2 Å². The van der Waals surface area contributed by atoms with Crippen LogP contribution in [0, 0.1) is 0 Å². The third kappa shape index (κ3) is 7.71. The summed E-state index contributed by atoms with van der Waals surface area (Å²) in [5.74, 6) is 0. The summed E-state index contributed by atoms with van der Waals surface area (Å²) >= 11 is 4.17. The molecule has 0 atom stereocenters. The molecule has 1 radical (unpaired) electrons. The van der Waals surface area contributed by atoms with Crippen LogP contribution in [0.15, 0.2) is 34.1 Å². The minimum absolute atomic E-state index is 0. The summed E-state index contributed by atoms with van der Waals surface area (Å²) in [5.41, 5.74) is 0. The molecular weight excluding hydrogens is 343 g/mol. The van der Waals surface area contributed by atoms with E-state index in [-0.39, 0.29) is 31.2 Å². The van der Waals surface area contributed by atoms with Gasteiger partial charge in [0.15, 0.2) is 0 Å². The fraction of sp³-hybridized carbons (Fsp3) is 0. The van der Waals surface area contributed by atoms with Gasteiger partial charge in [-0.25, -0.2) is 0 Å². The smallest absolute Gasteiger partial charge is 0.269 e. The van der Waals surface area contributed by atoms with Crippen molar-refractivity contribution in [2.24, 2.45) is 0 Å². The van der Waals surface area contributed by atoms with Crippen LogP contribution in [0.25, 0.3) is 0 Å². The largest absolute Gasteiger partial charge is 0.311 e. The highest BCUT2D eigenvalue weighted by Gasteiger charge is 2.66. The van der Waals surface area contributed by atoms with Crippen molar-refractivity contribution >= 4 is 35.3 Å². The Kier molecular flexibility index (Phi) is 11.1. The molecule has 0 nitrogen and oxygen atoms in total. The Hall–Kier alpha value is -0.550. The zero-order valence-electron chi connectivity index (χ0n) is 8.06. The quantitative estimate of drug-likeness (QED) is 0.550. The monoisotopic (exact) mass is 351 g/mol. The zero-order valence-corrected chi connectivity index (χ0v) is 10.5. The molecule has 0 amide bonds. The topological polar surface area (TPSA) is 0 Å². The number of rotatable bonds is 1. The van der Waals surface area contributed by atoms with Crippen molar-refractivity contribution < 1.29 is 38.2 Å². The lowest BCUT2D eigenvalue weighted by molar-refractivity contribution is 0.361. The van der Waals surface area contributed by atoms with Crippen molar-refractivity contribution in [3.8, 4) is 0 Å². The van der Waals surface area contributed by atoms with Crippen LogP contribution in [0.3, 0.4) is 0 Å². The maximum atomic E-state index is 12.1. The second kappa shape index (κ2) is 6.57. The maximum absolute atomic E-state index is 12.1. The lowest BCUT2D eigenvalue weighted by atomic mass is 10.4. The summed E-state index contributed by atoms with van der Waals surface area (Å²) in [7, 11) is -9.58. The first-order valence-electron chi connectivity index (χ1n) is 3.01. The van der Waals surface area contributed by atoms with Gasteiger partial charge in [-0.3, -0.25) is 18.8 Å². The molecule has 0 aliphatic rings. The van der Waals surface area contributed by atoms with Crippen molar-refractivity contribution in [1.29, 1.82) is 0 Å². The van der Waals surface area contributed by atoms with Crippen LogP contribution >= 0.6 is 35.3 Å². The molecule has 0 unspecified atom stereocenters. The van der Waals surface area contributed by atoms with E-state index in [1.807, 2.05) is 0 Å². The van der Waals surface area contributed by atoms with Crippen LogP contribution in [-0.2, 0) is 0 Å². The lowest BCUT2D eigenvalue weighted by Crippen LogP contribution is -2.06. The van der Waals surface area contributed by atoms with E-state index in [4.69, 9.17) is 0 Å². The fourth-order valence-electron chi connectivity index (χ4n) is 0.769. The van der Waals surface area contributed by atoms with Crippen LogP contribution < -0.4 is 0 Å². The molecule has 0 N–H and O–H groups in total.